The zero-order chi connectivity index (χ0) is 13.4. The van der Waals surface area contributed by atoms with E-state index in [1.54, 1.807) is 6.07 Å². The number of nitrogens with zero attached hydrogens (tertiary/aromatic N) is 1. The van der Waals surface area contributed by atoms with Gasteiger partial charge in [-0.1, -0.05) is 25.0 Å². The number of rotatable bonds is 2. The van der Waals surface area contributed by atoms with Crippen LogP contribution >= 0.6 is 0 Å². The van der Waals surface area contributed by atoms with Gasteiger partial charge in [0.2, 0.25) is 11.8 Å². The number of carbonyl (C=O) groups excluding carboxylic acids is 2. The fraction of sp³-hybridized carbons (Fsp3) is 0.467. The molecule has 2 amide bonds. The molecular formula is C15H18N2O2. The predicted molar refractivity (Wildman–Crippen MR) is 71.9 cm³/mol. The van der Waals surface area contributed by atoms with Gasteiger partial charge in [0.15, 0.2) is 0 Å². The van der Waals surface area contributed by atoms with Crippen molar-refractivity contribution in [2.24, 2.45) is 11.8 Å². The van der Waals surface area contributed by atoms with Crippen molar-refractivity contribution >= 4 is 17.5 Å². The second-order valence-corrected chi connectivity index (χ2v) is 5.51. The summed E-state index contributed by atoms with van der Waals surface area (Å²) in [5.41, 5.74) is 7.31. The summed E-state index contributed by atoms with van der Waals surface area (Å²) < 4.78 is 0. The van der Waals surface area contributed by atoms with Crippen molar-refractivity contribution < 1.29 is 9.59 Å². The van der Waals surface area contributed by atoms with E-state index in [9.17, 15) is 9.59 Å². The molecule has 19 heavy (non-hydrogen) atoms. The van der Waals surface area contributed by atoms with E-state index in [0.29, 0.717) is 12.2 Å². The Labute approximate surface area is 112 Å². The Bertz CT molecular complexity index is 503. The van der Waals surface area contributed by atoms with Crippen LogP contribution in [0.25, 0.3) is 0 Å². The Morgan fingerprint density at radius 1 is 1.11 bits per heavy atom. The van der Waals surface area contributed by atoms with Gasteiger partial charge in [-0.3, -0.25) is 14.5 Å². The van der Waals surface area contributed by atoms with Gasteiger partial charge in [0, 0.05) is 5.69 Å². The van der Waals surface area contributed by atoms with Crippen LogP contribution in [0.3, 0.4) is 0 Å². The number of imide groups is 1. The minimum Gasteiger partial charge on any atom is -0.399 e. The number of hydrogen-bond acceptors (Lipinski definition) is 3. The molecule has 1 aromatic carbocycles. The highest BCUT2D eigenvalue weighted by Crippen LogP contribution is 2.38. The van der Waals surface area contributed by atoms with Crippen LogP contribution in [-0.4, -0.2) is 16.7 Å². The predicted octanol–water partition coefficient (Wildman–Crippen LogP) is 1.94. The van der Waals surface area contributed by atoms with Gasteiger partial charge in [-0.2, -0.15) is 0 Å². The van der Waals surface area contributed by atoms with Crippen molar-refractivity contribution in [1.29, 1.82) is 0 Å². The number of amides is 2. The number of nitrogens with two attached hydrogens (primary N) is 1. The molecule has 2 fully saturated rings. The van der Waals surface area contributed by atoms with Crippen molar-refractivity contribution in [2.45, 2.75) is 32.2 Å². The first-order chi connectivity index (χ1) is 9.16. The highest BCUT2D eigenvalue weighted by atomic mass is 16.2. The lowest BCUT2D eigenvalue weighted by atomic mass is 9.81. The molecule has 1 heterocycles. The molecule has 4 nitrogen and oxygen atoms in total. The second kappa shape index (κ2) is 4.68. The molecule has 1 aliphatic heterocycles. The van der Waals surface area contributed by atoms with E-state index in [1.807, 2.05) is 18.2 Å². The van der Waals surface area contributed by atoms with E-state index in [-0.39, 0.29) is 23.7 Å². The van der Waals surface area contributed by atoms with Gasteiger partial charge in [0.25, 0.3) is 0 Å². The monoisotopic (exact) mass is 258 g/mol. The molecule has 4 heteroatoms. The molecule has 3 rings (SSSR count). The highest BCUT2D eigenvalue weighted by molar-refractivity contribution is 6.05. The molecule has 0 radical (unpaired) electrons. The minimum atomic E-state index is -0.0673. The SMILES string of the molecule is Nc1cccc(CN2C(=O)C3CCCCC3C2=O)c1. The molecule has 0 spiro atoms. The maximum Gasteiger partial charge on any atom is 0.233 e. The van der Waals surface area contributed by atoms with Gasteiger partial charge in [-0.15, -0.1) is 0 Å². The molecule has 1 saturated carbocycles. The first kappa shape index (κ1) is 12.2. The Balaban J connectivity index is 1.81. The van der Waals surface area contributed by atoms with Crippen LogP contribution in [0, 0.1) is 11.8 Å². The zero-order valence-electron chi connectivity index (χ0n) is 10.8. The lowest BCUT2D eigenvalue weighted by Crippen LogP contribution is -2.30. The fourth-order valence-electron chi connectivity index (χ4n) is 3.26. The summed E-state index contributed by atoms with van der Waals surface area (Å²) in [5.74, 6) is -0.112. The number of anilines is 1. The second-order valence-electron chi connectivity index (χ2n) is 5.51. The third-order valence-electron chi connectivity index (χ3n) is 4.22. The largest absolute Gasteiger partial charge is 0.399 e. The average molecular weight is 258 g/mol. The van der Waals surface area contributed by atoms with Crippen LogP contribution in [0.4, 0.5) is 5.69 Å². The number of hydrogen-bond donors (Lipinski definition) is 1. The van der Waals surface area contributed by atoms with Crippen LogP contribution in [0.2, 0.25) is 0 Å². The van der Waals surface area contributed by atoms with Crippen LogP contribution in [-0.2, 0) is 16.1 Å². The topological polar surface area (TPSA) is 63.4 Å². The molecule has 1 aromatic rings. The lowest BCUT2D eigenvalue weighted by Gasteiger charge is -2.19. The van der Waals surface area contributed by atoms with Gasteiger partial charge in [-0.05, 0) is 30.5 Å². The molecule has 2 aliphatic rings. The van der Waals surface area contributed by atoms with E-state index in [0.717, 1.165) is 31.2 Å². The standard InChI is InChI=1S/C15H18N2O2/c16-11-5-3-4-10(8-11)9-17-14(18)12-6-1-2-7-13(12)15(17)19/h3-5,8,12-13H,1-2,6-7,9,16H2. The van der Waals surface area contributed by atoms with E-state index >= 15 is 0 Å². The number of fused-ring (bicyclic) bond motifs is 1. The van der Waals surface area contributed by atoms with E-state index in [1.165, 1.54) is 4.90 Å². The summed E-state index contributed by atoms with van der Waals surface area (Å²) in [6.45, 7) is 0.357. The summed E-state index contributed by atoms with van der Waals surface area (Å²) in [4.78, 5) is 26.1. The number of carbonyl (C=O) groups is 2. The summed E-state index contributed by atoms with van der Waals surface area (Å²) in [7, 11) is 0. The van der Waals surface area contributed by atoms with Crippen molar-refractivity contribution in [3.8, 4) is 0 Å². The molecule has 0 aromatic heterocycles. The number of likely N-dealkylation sites (tertiary alicyclic amines) is 1. The molecule has 1 saturated heterocycles. The van der Waals surface area contributed by atoms with E-state index in [4.69, 9.17) is 5.73 Å². The van der Waals surface area contributed by atoms with Crippen molar-refractivity contribution in [2.75, 3.05) is 5.73 Å². The Morgan fingerprint density at radius 3 is 2.32 bits per heavy atom. The van der Waals surface area contributed by atoms with Crippen LogP contribution < -0.4 is 5.73 Å². The Hall–Kier alpha value is -1.84. The molecule has 2 unspecified atom stereocenters. The molecule has 1 aliphatic carbocycles. The summed E-state index contributed by atoms with van der Waals surface area (Å²) >= 11 is 0. The lowest BCUT2D eigenvalue weighted by molar-refractivity contribution is -0.140. The Morgan fingerprint density at radius 2 is 1.74 bits per heavy atom. The first-order valence-electron chi connectivity index (χ1n) is 6.86. The van der Waals surface area contributed by atoms with Gasteiger partial charge in [0.05, 0.1) is 18.4 Å². The maximum atomic E-state index is 12.3. The molecule has 100 valence electrons. The van der Waals surface area contributed by atoms with Gasteiger partial charge in [0.1, 0.15) is 0 Å². The third-order valence-corrected chi connectivity index (χ3v) is 4.22. The summed E-state index contributed by atoms with van der Waals surface area (Å²) in [6, 6.07) is 7.38. The first-order valence-corrected chi connectivity index (χ1v) is 6.86. The zero-order valence-corrected chi connectivity index (χ0v) is 10.8. The van der Waals surface area contributed by atoms with Gasteiger partial charge < -0.3 is 5.73 Å². The summed E-state index contributed by atoms with van der Waals surface area (Å²) in [5, 5.41) is 0. The van der Waals surface area contributed by atoms with Crippen LogP contribution in [0.5, 0.6) is 0 Å². The number of nitrogen functional groups attached to an aromatic ring is 1. The third kappa shape index (κ3) is 2.11. The van der Waals surface area contributed by atoms with Crippen LogP contribution in [0.15, 0.2) is 24.3 Å². The highest BCUT2D eigenvalue weighted by Gasteiger charge is 2.47. The Kier molecular flexibility index (Phi) is 3.01. The molecule has 0 bridgehead atoms. The van der Waals surface area contributed by atoms with E-state index in [2.05, 4.69) is 0 Å². The maximum absolute atomic E-state index is 12.3. The molecular weight excluding hydrogens is 240 g/mol. The quantitative estimate of drug-likeness (QED) is 0.651. The summed E-state index contributed by atoms with van der Waals surface area (Å²) in [6.07, 6.45) is 3.85. The van der Waals surface area contributed by atoms with Crippen molar-refractivity contribution in [1.82, 2.24) is 4.90 Å². The van der Waals surface area contributed by atoms with Crippen molar-refractivity contribution in [3.63, 3.8) is 0 Å². The van der Waals surface area contributed by atoms with Gasteiger partial charge >= 0.3 is 0 Å². The van der Waals surface area contributed by atoms with Crippen LogP contribution in [0.1, 0.15) is 31.2 Å². The fourth-order valence-corrected chi connectivity index (χ4v) is 3.26. The average Bonchev–Trinajstić information content (AvgIpc) is 2.65. The smallest absolute Gasteiger partial charge is 0.233 e. The minimum absolute atomic E-state index is 0.0112. The van der Waals surface area contributed by atoms with E-state index < -0.39 is 0 Å². The number of benzene rings is 1. The van der Waals surface area contributed by atoms with Gasteiger partial charge in [-0.25, -0.2) is 0 Å². The molecule has 2 atom stereocenters. The van der Waals surface area contributed by atoms with Crippen molar-refractivity contribution in [3.05, 3.63) is 29.8 Å². The molecule has 2 N–H and O–H groups in total. The normalized spacial score (nSPS) is 26.6.